The number of hydrogen-bond acceptors (Lipinski definition) is 6. The summed E-state index contributed by atoms with van der Waals surface area (Å²) >= 11 is 6.21. The van der Waals surface area contributed by atoms with Gasteiger partial charge in [0.1, 0.15) is 5.02 Å². The second kappa shape index (κ2) is 8.76. The van der Waals surface area contributed by atoms with E-state index in [2.05, 4.69) is 15.3 Å². The number of aromatic nitrogens is 2. The molecule has 9 nitrogen and oxygen atoms in total. The van der Waals surface area contributed by atoms with Gasteiger partial charge in [-0.25, -0.2) is 13.1 Å². The smallest absolute Gasteiger partial charge is 0.273 e. The van der Waals surface area contributed by atoms with Crippen molar-refractivity contribution in [3.05, 3.63) is 10.7 Å². The Morgan fingerprint density at radius 3 is 2.67 bits per heavy atom. The topological polar surface area (TPSA) is 96.8 Å². The molecule has 0 atom stereocenters. The van der Waals surface area contributed by atoms with Crippen LogP contribution in [0.3, 0.4) is 0 Å². The zero-order valence-electron chi connectivity index (χ0n) is 15.5. The lowest BCUT2D eigenvalue weighted by atomic mass is 10.3. The highest BCUT2D eigenvalue weighted by Crippen LogP contribution is 2.30. The van der Waals surface area contributed by atoms with Gasteiger partial charge in [-0.3, -0.25) is 9.69 Å². The van der Waals surface area contributed by atoms with Crippen molar-refractivity contribution in [3.63, 3.8) is 0 Å². The van der Waals surface area contributed by atoms with Crippen LogP contribution in [0.2, 0.25) is 5.02 Å². The summed E-state index contributed by atoms with van der Waals surface area (Å²) in [5.74, 6) is 0.328. The first-order valence-corrected chi connectivity index (χ1v) is 11.3. The Morgan fingerprint density at radius 1 is 1.26 bits per heavy atom. The summed E-state index contributed by atoms with van der Waals surface area (Å²) in [4.78, 5) is 14.5. The maximum Gasteiger partial charge on any atom is 0.273 e. The summed E-state index contributed by atoms with van der Waals surface area (Å²) in [5, 5.41) is 7.31. The van der Waals surface area contributed by atoms with E-state index < -0.39 is 10.0 Å². The Hall–Kier alpha value is -1.36. The monoisotopic (exact) mass is 419 g/mol. The Balaban J connectivity index is 1.44. The Bertz CT molecular complexity index is 774. The van der Waals surface area contributed by atoms with Crippen LogP contribution in [0, 0.1) is 0 Å². The maximum absolute atomic E-state index is 12.3. The van der Waals surface area contributed by atoms with Crippen LogP contribution in [-0.2, 0) is 16.6 Å². The van der Waals surface area contributed by atoms with Crippen molar-refractivity contribution in [2.24, 2.45) is 0 Å². The van der Waals surface area contributed by atoms with E-state index >= 15 is 0 Å². The Morgan fingerprint density at radius 2 is 2.00 bits per heavy atom. The van der Waals surface area contributed by atoms with E-state index in [0.29, 0.717) is 64.7 Å². The van der Waals surface area contributed by atoms with Gasteiger partial charge in [0.15, 0.2) is 5.69 Å². The van der Waals surface area contributed by atoms with Crippen LogP contribution in [0.4, 0.5) is 0 Å². The van der Waals surface area contributed by atoms with Crippen molar-refractivity contribution in [1.82, 2.24) is 24.3 Å². The summed E-state index contributed by atoms with van der Waals surface area (Å²) < 4.78 is 32.8. The first kappa shape index (κ1) is 20.4. The molecule has 0 radical (unpaired) electrons. The average molecular weight is 420 g/mol. The summed E-state index contributed by atoms with van der Waals surface area (Å²) in [6.07, 6.45) is 1.46. The quantitative estimate of drug-likeness (QED) is 0.687. The summed E-state index contributed by atoms with van der Waals surface area (Å²) in [5.41, 5.74) is 0.184. The molecule has 1 amide bonds. The molecule has 0 unspecified atom stereocenters. The number of nitrogens with one attached hydrogen (secondary N) is 1. The van der Waals surface area contributed by atoms with Gasteiger partial charge < -0.3 is 10.1 Å². The number of carbonyl (C=O) groups is 1. The van der Waals surface area contributed by atoms with Gasteiger partial charge in [0.2, 0.25) is 15.9 Å². The minimum absolute atomic E-state index is 0.184. The number of halogens is 1. The van der Waals surface area contributed by atoms with Gasteiger partial charge in [0.05, 0.1) is 12.4 Å². The molecule has 11 heteroatoms. The molecule has 1 saturated heterocycles. The van der Waals surface area contributed by atoms with Gasteiger partial charge in [0.25, 0.3) is 5.91 Å². The fourth-order valence-electron chi connectivity index (χ4n) is 3.27. The van der Waals surface area contributed by atoms with Crippen molar-refractivity contribution >= 4 is 27.5 Å². The summed E-state index contributed by atoms with van der Waals surface area (Å²) in [7, 11) is -3.13. The van der Waals surface area contributed by atoms with Gasteiger partial charge in [-0.1, -0.05) is 18.5 Å². The molecule has 152 valence electrons. The first-order valence-electron chi connectivity index (χ1n) is 9.30. The molecular formula is C16H26ClN5O4S. The van der Waals surface area contributed by atoms with Gasteiger partial charge in [-0.2, -0.15) is 9.40 Å². The number of carbonyl (C=O) groups excluding carboxylic acids is 1. The second-order valence-electron chi connectivity index (χ2n) is 6.71. The molecule has 2 aliphatic heterocycles. The molecule has 1 aromatic heterocycles. The number of aryl methyl sites for hydroxylation is 1. The van der Waals surface area contributed by atoms with E-state index in [9.17, 15) is 13.2 Å². The van der Waals surface area contributed by atoms with Gasteiger partial charge in [0, 0.05) is 52.2 Å². The number of ether oxygens (including phenoxy) is 1. The number of rotatable bonds is 7. The predicted octanol–water partition coefficient (Wildman–Crippen LogP) is 0.406. The van der Waals surface area contributed by atoms with Gasteiger partial charge in [-0.15, -0.1) is 0 Å². The number of sulfonamides is 1. The molecule has 1 aromatic rings. The van der Waals surface area contributed by atoms with Crippen LogP contribution in [0.5, 0.6) is 5.88 Å². The normalized spacial score (nSPS) is 18.7. The van der Waals surface area contributed by atoms with Crippen LogP contribution in [0.1, 0.15) is 30.3 Å². The highest BCUT2D eigenvalue weighted by atomic mass is 35.5. The van der Waals surface area contributed by atoms with Crippen LogP contribution in [0.15, 0.2) is 0 Å². The van der Waals surface area contributed by atoms with Crippen LogP contribution >= 0.6 is 11.6 Å². The molecule has 0 aromatic carbocycles. The lowest BCUT2D eigenvalue weighted by Gasteiger charge is -2.33. The van der Waals surface area contributed by atoms with Crippen molar-refractivity contribution in [2.45, 2.75) is 26.3 Å². The zero-order valence-corrected chi connectivity index (χ0v) is 17.1. The van der Waals surface area contributed by atoms with Crippen LogP contribution in [-0.4, -0.2) is 84.9 Å². The third kappa shape index (κ3) is 4.74. The number of amides is 1. The van der Waals surface area contributed by atoms with E-state index in [1.165, 1.54) is 0 Å². The lowest BCUT2D eigenvalue weighted by molar-refractivity contribution is 0.0939. The molecular weight excluding hydrogens is 394 g/mol. The molecule has 3 heterocycles. The molecule has 2 aliphatic rings. The average Bonchev–Trinajstić information content (AvgIpc) is 2.99. The third-order valence-electron chi connectivity index (χ3n) is 4.72. The number of fused-ring (bicyclic) bond motifs is 1. The minimum Gasteiger partial charge on any atom is -0.477 e. The van der Waals surface area contributed by atoms with Crippen molar-refractivity contribution in [1.29, 1.82) is 0 Å². The SMILES string of the molecule is CCCS(=O)(=O)N1CCN(CCNC(=O)c2nn3c(c2Cl)OCCC3)CC1. The maximum atomic E-state index is 12.3. The fourth-order valence-corrected chi connectivity index (χ4v) is 5.04. The second-order valence-corrected chi connectivity index (χ2v) is 9.17. The summed E-state index contributed by atoms with van der Waals surface area (Å²) in [6, 6.07) is 0. The van der Waals surface area contributed by atoms with E-state index in [-0.39, 0.29) is 22.4 Å². The molecule has 3 rings (SSSR count). The minimum atomic E-state index is -3.13. The van der Waals surface area contributed by atoms with Crippen LogP contribution in [0.25, 0.3) is 0 Å². The van der Waals surface area contributed by atoms with Crippen molar-refractivity contribution < 1.29 is 17.9 Å². The molecule has 1 fully saturated rings. The predicted molar refractivity (Wildman–Crippen MR) is 102 cm³/mol. The standard InChI is InChI=1S/C16H26ClN5O4S/c1-2-12-27(24,25)21-9-7-20(8-10-21)6-4-18-15(23)14-13(17)16-22(19-14)5-3-11-26-16/h2-12H2,1H3,(H,18,23). The molecule has 27 heavy (non-hydrogen) atoms. The highest BCUT2D eigenvalue weighted by Gasteiger charge is 2.27. The van der Waals surface area contributed by atoms with Gasteiger partial charge >= 0.3 is 0 Å². The molecule has 0 bridgehead atoms. The highest BCUT2D eigenvalue weighted by molar-refractivity contribution is 7.89. The fraction of sp³-hybridized carbons (Fsp3) is 0.750. The van der Waals surface area contributed by atoms with E-state index in [4.69, 9.17) is 16.3 Å². The molecule has 0 aliphatic carbocycles. The van der Waals surface area contributed by atoms with Gasteiger partial charge in [-0.05, 0) is 6.42 Å². The molecule has 0 saturated carbocycles. The first-order chi connectivity index (χ1) is 12.9. The summed E-state index contributed by atoms with van der Waals surface area (Å²) in [6.45, 7) is 6.53. The largest absolute Gasteiger partial charge is 0.477 e. The van der Waals surface area contributed by atoms with E-state index in [1.807, 2.05) is 6.92 Å². The van der Waals surface area contributed by atoms with Crippen LogP contribution < -0.4 is 10.1 Å². The zero-order chi connectivity index (χ0) is 19.4. The Labute approximate surface area is 164 Å². The molecule has 1 N–H and O–H groups in total. The third-order valence-corrected chi connectivity index (χ3v) is 7.14. The lowest BCUT2D eigenvalue weighted by Crippen LogP contribution is -2.50. The Kier molecular flexibility index (Phi) is 6.61. The number of piperazine rings is 1. The number of nitrogens with zero attached hydrogens (tertiary/aromatic N) is 4. The van der Waals surface area contributed by atoms with Crippen molar-refractivity contribution in [2.75, 3.05) is 51.6 Å². The number of hydrogen-bond donors (Lipinski definition) is 1. The van der Waals surface area contributed by atoms with E-state index in [1.54, 1.807) is 8.99 Å². The molecule has 0 spiro atoms. The van der Waals surface area contributed by atoms with Crippen molar-refractivity contribution in [3.8, 4) is 5.88 Å². The van der Waals surface area contributed by atoms with E-state index in [0.717, 1.165) is 6.42 Å².